The van der Waals surface area contributed by atoms with Crippen LogP contribution in [0.4, 0.5) is 0 Å². The average Bonchev–Trinajstić information content (AvgIpc) is 2.86. The zero-order valence-electron chi connectivity index (χ0n) is 14.7. The number of carbonyl (C=O) groups is 2. The molecule has 0 aliphatic heterocycles. The van der Waals surface area contributed by atoms with Gasteiger partial charge in [-0.25, -0.2) is 0 Å². The minimum absolute atomic E-state index is 0. The van der Waals surface area contributed by atoms with Gasteiger partial charge in [0.25, 0.3) is 5.91 Å². The van der Waals surface area contributed by atoms with Crippen molar-refractivity contribution in [3.63, 3.8) is 0 Å². The van der Waals surface area contributed by atoms with Crippen LogP contribution in [-0.4, -0.2) is 23.6 Å². The normalized spacial score (nSPS) is 10.4. The van der Waals surface area contributed by atoms with Gasteiger partial charge in [-0.1, -0.05) is 11.6 Å². The molecule has 0 fully saturated rings. The monoisotopic (exact) mass is 395 g/mol. The minimum Gasteiger partial charge on any atom is -0.550 e. The van der Waals surface area contributed by atoms with Crippen LogP contribution in [0.2, 0.25) is 5.02 Å². The first-order valence-electron chi connectivity index (χ1n) is 7.60. The van der Waals surface area contributed by atoms with Crippen molar-refractivity contribution < 1.29 is 70.8 Å². The number of fused-ring (bicyclic) bond motifs is 1. The van der Waals surface area contributed by atoms with E-state index in [2.05, 4.69) is 0 Å². The van der Waals surface area contributed by atoms with Crippen LogP contribution < -0.4 is 61.2 Å². The Morgan fingerprint density at radius 2 is 1.81 bits per heavy atom. The molecule has 3 aromatic rings. The Morgan fingerprint density at radius 1 is 1.15 bits per heavy atom. The van der Waals surface area contributed by atoms with Crippen LogP contribution in [0, 0.1) is 6.92 Å². The molecule has 5 nitrogen and oxygen atoms in total. The van der Waals surface area contributed by atoms with E-state index in [1.807, 2.05) is 0 Å². The number of ether oxygens (including phenoxy) is 1. The quantitative estimate of drug-likeness (QED) is 0.563. The van der Waals surface area contributed by atoms with Crippen molar-refractivity contribution >= 4 is 34.4 Å². The molecule has 0 amide bonds. The molecule has 1 heterocycles. The second-order valence-electron chi connectivity index (χ2n) is 5.64. The van der Waals surface area contributed by atoms with Crippen molar-refractivity contribution in [1.29, 1.82) is 0 Å². The van der Waals surface area contributed by atoms with Gasteiger partial charge in [-0.2, -0.15) is 0 Å². The number of methoxy groups -OCH3 is 1. The minimum atomic E-state index is -1.20. The molecule has 0 bridgehead atoms. The molecule has 2 aromatic carbocycles. The van der Waals surface area contributed by atoms with E-state index < -0.39 is 5.97 Å². The molecule has 0 N–H and O–H groups in total. The molecule has 0 radical (unpaired) electrons. The van der Waals surface area contributed by atoms with Crippen LogP contribution >= 0.6 is 11.6 Å². The van der Waals surface area contributed by atoms with E-state index >= 15 is 0 Å². The number of hydrogen-bond acceptors (Lipinski definition) is 4. The van der Waals surface area contributed by atoms with E-state index in [9.17, 15) is 14.7 Å². The van der Waals surface area contributed by atoms with Gasteiger partial charge in [-0.05, 0) is 55.0 Å². The predicted octanol–water partition coefficient (Wildman–Crippen LogP) is -0.403. The zero-order chi connectivity index (χ0) is 18.1. The number of carbonyl (C=O) groups excluding carboxylic acids is 2. The van der Waals surface area contributed by atoms with Gasteiger partial charge in [-0.15, -0.1) is 0 Å². The third-order valence-corrected chi connectivity index (χ3v) is 4.41. The number of rotatable bonds is 4. The van der Waals surface area contributed by atoms with E-state index in [1.165, 1.54) is 11.7 Å². The van der Waals surface area contributed by atoms with Gasteiger partial charge in [0.15, 0.2) is 0 Å². The van der Waals surface area contributed by atoms with E-state index in [-0.39, 0.29) is 63.7 Å². The number of benzene rings is 2. The summed E-state index contributed by atoms with van der Waals surface area (Å²) in [6.45, 7) is 1.72. The van der Waals surface area contributed by atoms with Crippen LogP contribution in [0.3, 0.4) is 0 Å². The topological polar surface area (TPSA) is 71.4 Å². The van der Waals surface area contributed by atoms with E-state index in [4.69, 9.17) is 16.3 Å². The maximum atomic E-state index is 13.0. The van der Waals surface area contributed by atoms with E-state index in [0.717, 1.165) is 0 Å². The van der Waals surface area contributed by atoms with Gasteiger partial charge in [0.1, 0.15) is 5.75 Å². The Morgan fingerprint density at radius 3 is 2.38 bits per heavy atom. The standard InChI is InChI=1S/C19H16ClNO4.K/c1-11-15(10-18(22)23)16-9-14(25-2)7-8-17(16)21(11)19(24)12-3-5-13(20)6-4-12;/h3-9H,10H2,1-2H3,(H,22,23);/q;+1/p-1. The Kier molecular flexibility index (Phi) is 7.07. The maximum absolute atomic E-state index is 13.0. The second-order valence-corrected chi connectivity index (χ2v) is 6.08. The number of aliphatic carboxylic acids is 1. The van der Waals surface area contributed by atoms with Gasteiger partial charge < -0.3 is 14.6 Å². The number of carboxylic acid groups (broad SMARTS) is 1. The first kappa shape index (κ1) is 21.1. The number of nitrogens with zero attached hydrogens (tertiary/aromatic N) is 1. The molecule has 26 heavy (non-hydrogen) atoms. The molecule has 0 saturated heterocycles. The van der Waals surface area contributed by atoms with Crippen LogP contribution in [0.5, 0.6) is 5.75 Å². The molecule has 0 saturated carbocycles. The van der Waals surface area contributed by atoms with Crippen molar-refractivity contribution in [2.45, 2.75) is 13.3 Å². The van der Waals surface area contributed by atoms with Crippen LogP contribution in [-0.2, 0) is 11.2 Å². The molecule has 1 aromatic heterocycles. The van der Waals surface area contributed by atoms with Gasteiger partial charge in [-0.3, -0.25) is 9.36 Å². The largest absolute Gasteiger partial charge is 1.00 e. The summed E-state index contributed by atoms with van der Waals surface area (Å²) in [6, 6.07) is 11.8. The fourth-order valence-electron chi connectivity index (χ4n) is 2.94. The van der Waals surface area contributed by atoms with E-state index in [1.54, 1.807) is 49.4 Å². The third-order valence-electron chi connectivity index (χ3n) is 4.16. The summed E-state index contributed by atoms with van der Waals surface area (Å²) in [5.74, 6) is -0.874. The second kappa shape index (κ2) is 8.69. The Bertz CT molecular complexity index is 979. The van der Waals surface area contributed by atoms with Crippen molar-refractivity contribution in [2.24, 2.45) is 0 Å². The van der Waals surface area contributed by atoms with Gasteiger partial charge in [0, 0.05) is 34.1 Å². The zero-order valence-corrected chi connectivity index (χ0v) is 18.6. The molecule has 0 aliphatic carbocycles. The van der Waals surface area contributed by atoms with Crippen molar-refractivity contribution in [2.75, 3.05) is 7.11 Å². The molecule has 0 spiro atoms. The van der Waals surface area contributed by atoms with Crippen molar-refractivity contribution in [1.82, 2.24) is 4.57 Å². The van der Waals surface area contributed by atoms with E-state index in [0.29, 0.717) is 38.5 Å². The molecule has 0 atom stereocenters. The van der Waals surface area contributed by atoms with Crippen molar-refractivity contribution in [3.05, 3.63) is 64.3 Å². The summed E-state index contributed by atoms with van der Waals surface area (Å²) in [6.07, 6.45) is -0.281. The Balaban J connectivity index is 0.00000243. The number of carboxylic acids is 1. The van der Waals surface area contributed by atoms with Crippen LogP contribution in [0.1, 0.15) is 21.6 Å². The fourth-order valence-corrected chi connectivity index (χ4v) is 3.07. The summed E-state index contributed by atoms with van der Waals surface area (Å²) in [7, 11) is 1.53. The average molecular weight is 396 g/mol. The van der Waals surface area contributed by atoms with Crippen LogP contribution in [0.25, 0.3) is 10.9 Å². The summed E-state index contributed by atoms with van der Waals surface area (Å²) in [5.41, 5.74) is 2.18. The van der Waals surface area contributed by atoms with Gasteiger partial charge in [0.05, 0.1) is 12.6 Å². The molecule has 3 rings (SSSR count). The number of hydrogen-bond donors (Lipinski definition) is 0. The smallest absolute Gasteiger partial charge is 0.550 e. The SMILES string of the molecule is COc1ccc2c(c1)c(CC(=O)[O-])c(C)n2C(=O)c1ccc(Cl)cc1.[K+]. The first-order chi connectivity index (χ1) is 11.9. The molecule has 128 valence electrons. The third kappa shape index (κ3) is 4.06. The molecule has 0 aliphatic rings. The summed E-state index contributed by atoms with van der Waals surface area (Å²) >= 11 is 5.88. The van der Waals surface area contributed by atoms with Gasteiger partial charge >= 0.3 is 51.4 Å². The maximum Gasteiger partial charge on any atom is 1.00 e. The Hall–Kier alpha value is -1.15. The van der Waals surface area contributed by atoms with Gasteiger partial charge in [0.2, 0.25) is 0 Å². The molecular weight excluding hydrogens is 381 g/mol. The number of aromatic nitrogens is 1. The summed E-state index contributed by atoms with van der Waals surface area (Å²) in [4.78, 5) is 24.1. The first-order valence-corrected chi connectivity index (χ1v) is 7.98. The number of halogens is 1. The molecular formula is C19H15ClKNO4. The predicted molar refractivity (Wildman–Crippen MR) is 93.1 cm³/mol. The van der Waals surface area contributed by atoms with Crippen LogP contribution in [0.15, 0.2) is 42.5 Å². The molecule has 7 heteroatoms. The molecule has 0 unspecified atom stereocenters. The Labute approximate surface area is 198 Å². The summed E-state index contributed by atoms with van der Waals surface area (Å²) in [5, 5.41) is 12.3. The fraction of sp³-hybridized carbons (Fsp3) is 0.158. The summed E-state index contributed by atoms with van der Waals surface area (Å²) < 4.78 is 6.73. The van der Waals surface area contributed by atoms with Crippen molar-refractivity contribution in [3.8, 4) is 5.75 Å².